The van der Waals surface area contributed by atoms with E-state index in [0.29, 0.717) is 5.56 Å². The van der Waals surface area contributed by atoms with E-state index in [4.69, 9.17) is 11.6 Å². The fraction of sp³-hybridized carbons (Fsp3) is 0.250. The van der Waals surface area contributed by atoms with E-state index in [9.17, 15) is 18.0 Å². The molecule has 0 N–H and O–H groups in total. The maximum atomic E-state index is 12.0. The minimum atomic E-state index is -4.76. The zero-order valence-corrected chi connectivity index (χ0v) is 10.6. The average Bonchev–Trinajstić information content (AvgIpc) is 2.29. The number of alkyl halides is 3. The van der Waals surface area contributed by atoms with E-state index in [1.54, 1.807) is 0 Å². The van der Waals surface area contributed by atoms with E-state index in [1.807, 2.05) is 0 Å². The number of methoxy groups -OCH3 is 1. The molecule has 0 atom stereocenters. The summed E-state index contributed by atoms with van der Waals surface area (Å²) < 4.78 is 44.1. The molecule has 0 amide bonds. The summed E-state index contributed by atoms with van der Waals surface area (Å²) in [5.41, 5.74) is 0.472. The first-order valence-electron chi connectivity index (χ1n) is 5.10. The highest BCUT2D eigenvalue weighted by atomic mass is 35.5. The summed E-state index contributed by atoms with van der Waals surface area (Å²) in [5, 5.41) is 0.0860. The highest BCUT2D eigenvalue weighted by Gasteiger charge is 2.31. The van der Waals surface area contributed by atoms with Crippen LogP contribution in [0.5, 0.6) is 5.75 Å². The molecule has 0 aliphatic rings. The van der Waals surface area contributed by atoms with Crippen molar-refractivity contribution in [3.8, 4) is 5.75 Å². The van der Waals surface area contributed by atoms with Crippen LogP contribution in [0.2, 0.25) is 5.02 Å². The van der Waals surface area contributed by atoms with Crippen LogP contribution in [-0.2, 0) is 9.53 Å². The van der Waals surface area contributed by atoms with Crippen molar-refractivity contribution in [2.45, 2.75) is 12.8 Å². The number of halogens is 4. The number of carbonyl (C=O) groups is 1. The van der Waals surface area contributed by atoms with E-state index in [2.05, 4.69) is 9.47 Å². The predicted octanol–water partition coefficient (Wildman–Crippen LogP) is 3.81. The smallest absolute Gasteiger partial charge is 0.469 e. The van der Waals surface area contributed by atoms with Crippen LogP contribution in [-0.4, -0.2) is 19.4 Å². The maximum Gasteiger partial charge on any atom is 0.573 e. The summed E-state index contributed by atoms with van der Waals surface area (Å²) in [6.07, 6.45) is -1.70. The summed E-state index contributed by atoms with van der Waals surface area (Å²) in [6.45, 7) is 0. The number of esters is 1. The van der Waals surface area contributed by atoms with Crippen molar-refractivity contribution in [3.05, 3.63) is 34.9 Å². The second kappa shape index (κ2) is 6.47. The summed E-state index contributed by atoms with van der Waals surface area (Å²) in [5.74, 6) is -0.827. The molecule has 0 aromatic heterocycles. The lowest BCUT2D eigenvalue weighted by Crippen LogP contribution is -2.17. The second-order valence-electron chi connectivity index (χ2n) is 3.41. The zero-order chi connectivity index (χ0) is 14.5. The summed E-state index contributed by atoms with van der Waals surface area (Å²) in [4.78, 5) is 10.8. The van der Waals surface area contributed by atoms with Crippen LogP contribution in [0, 0.1) is 0 Å². The molecular formula is C12H10ClF3O3. The third-order valence-corrected chi connectivity index (χ3v) is 2.34. The van der Waals surface area contributed by atoms with E-state index < -0.39 is 18.1 Å². The van der Waals surface area contributed by atoms with Gasteiger partial charge in [0.15, 0.2) is 0 Å². The van der Waals surface area contributed by atoms with Gasteiger partial charge in [-0.15, -0.1) is 13.2 Å². The molecule has 0 radical (unpaired) electrons. The molecule has 104 valence electrons. The van der Waals surface area contributed by atoms with Gasteiger partial charge in [0.05, 0.1) is 18.6 Å². The summed E-state index contributed by atoms with van der Waals surface area (Å²) in [6, 6.07) is 3.54. The minimum absolute atomic E-state index is 0.0492. The van der Waals surface area contributed by atoms with Gasteiger partial charge in [-0.25, -0.2) is 0 Å². The Labute approximate surface area is 112 Å². The number of hydrogen-bond donors (Lipinski definition) is 0. The Bertz CT molecular complexity index is 484. The van der Waals surface area contributed by atoms with Crippen LogP contribution >= 0.6 is 11.6 Å². The number of carbonyl (C=O) groups excluding carboxylic acids is 1. The average molecular weight is 295 g/mol. The van der Waals surface area contributed by atoms with Crippen molar-refractivity contribution in [2.75, 3.05) is 7.11 Å². The lowest BCUT2D eigenvalue weighted by atomic mass is 10.2. The molecule has 0 heterocycles. The van der Waals surface area contributed by atoms with Gasteiger partial charge in [-0.2, -0.15) is 0 Å². The Balaban J connectivity index is 2.75. The van der Waals surface area contributed by atoms with E-state index in [1.165, 1.54) is 25.3 Å². The van der Waals surface area contributed by atoms with Gasteiger partial charge in [0, 0.05) is 0 Å². The van der Waals surface area contributed by atoms with Gasteiger partial charge < -0.3 is 9.47 Å². The zero-order valence-electron chi connectivity index (χ0n) is 9.83. The van der Waals surface area contributed by atoms with Gasteiger partial charge in [0.1, 0.15) is 5.75 Å². The summed E-state index contributed by atoms with van der Waals surface area (Å²) >= 11 is 5.79. The van der Waals surface area contributed by atoms with E-state index in [-0.39, 0.29) is 11.4 Å². The third-order valence-electron chi connectivity index (χ3n) is 2.02. The lowest BCUT2D eigenvalue weighted by molar-refractivity contribution is -0.274. The first-order chi connectivity index (χ1) is 8.81. The molecule has 1 aromatic rings. The molecule has 0 aliphatic carbocycles. The van der Waals surface area contributed by atoms with E-state index in [0.717, 1.165) is 12.1 Å². The largest absolute Gasteiger partial charge is 0.573 e. The summed E-state index contributed by atoms with van der Waals surface area (Å²) in [7, 11) is 1.26. The van der Waals surface area contributed by atoms with Gasteiger partial charge >= 0.3 is 12.3 Å². The predicted molar refractivity (Wildman–Crippen MR) is 63.8 cm³/mol. The van der Waals surface area contributed by atoms with Gasteiger partial charge in [0.25, 0.3) is 0 Å². The number of benzene rings is 1. The first-order valence-corrected chi connectivity index (χ1v) is 5.48. The van der Waals surface area contributed by atoms with Crippen molar-refractivity contribution >= 4 is 23.6 Å². The van der Waals surface area contributed by atoms with Crippen molar-refractivity contribution in [1.29, 1.82) is 0 Å². The number of hydrogen-bond acceptors (Lipinski definition) is 3. The Morgan fingerprint density at radius 2 is 2.11 bits per heavy atom. The molecule has 0 aliphatic heterocycles. The quantitative estimate of drug-likeness (QED) is 0.792. The molecule has 0 saturated carbocycles. The Morgan fingerprint density at radius 1 is 1.42 bits per heavy atom. The topological polar surface area (TPSA) is 35.5 Å². The molecule has 7 heteroatoms. The van der Waals surface area contributed by atoms with Gasteiger partial charge in [0.2, 0.25) is 0 Å². The highest BCUT2D eigenvalue weighted by Crippen LogP contribution is 2.28. The fourth-order valence-corrected chi connectivity index (χ4v) is 1.44. The molecule has 0 saturated heterocycles. The van der Waals surface area contributed by atoms with Crippen LogP contribution in [0.4, 0.5) is 13.2 Å². The van der Waals surface area contributed by atoms with Crippen LogP contribution in [0.15, 0.2) is 24.3 Å². The number of rotatable bonds is 4. The van der Waals surface area contributed by atoms with Crippen LogP contribution in [0.3, 0.4) is 0 Å². The van der Waals surface area contributed by atoms with Crippen LogP contribution in [0.1, 0.15) is 12.0 Å². The van der Waals surface area contributed by atoms with Crippen LogP contribution < -0.4 is 4.74 Å². The second-order valence-corrected chi connectivity index (χ2v) is 3.82. The lowest BCUT2D eigenvalue weighted by Gasteiger charge is -2.09. The molecule has 0 unspecified atom stereocenters. The molecule has 1 rings (SSSR count). The van der Waals surface area contributed by atoms with Crippen molar-refractivity contribution in [3.63, 3.8) is 0 Å². The normalized spacial score (nSPS) is 11.6. The fourth-order valence-electron chi connectivity index (χ4n) is 1.21. The monoisotopic (exact) mass is 294 g/mol. The molecule has 3 nitrogen and oxygen atoms in total. The molecule has 0 spiro atoms. The Kier molecular flexibility index (Phi) is 5.23. The molecular weight excluding hydrogens is 285 g/mol. The molecule has 1 aromatic carbocycles. The SMILES string of the molecule is COC(=O)CC=Cc1ccc(OC(F)(F)F)cc1Cl. The van der Waals surface area contributed by atoms with E-state index >= 15 is 0 Å². The highest BCUT2D eigenvalue weighted by molar-refractivity contribution is 6.32. The molecule has 0 bridgehead atoms. The first kappa shape index (κ1) is 15.4. The minimum Gasteiger partial charge on any atom is -0.469 e. The number of ether oxygens (including phenoxy) is 2. The van der Waals surface area contributed by atoms with Gasteiger partial charge in [-0.05, 0) is 23.8 Å². The molecule has 19 heavy (non-hydrogen) atoms. The van der Waals surface area contributed by atoms with Gasteiger partial charge in [-0.1, -0.05) is 23.8 Å². The van der Waals surface area contributed by atoms with Crippen LogP contribution in [0.25, 0.3) is 6.08 Å². The Hall–Kier alpha value is -1.69. The Morgan fingerprint density at radius 3 is 2.63 bits per heavy atom. The maximum absolute atomic E-state index is 12.0. The van der Waals surface area contributed by atoms with Crippen molar-refractivity contribution in [1.82, 2.24) is 0 Å². The third kappa shape index (κ3) is 5.65. The van der Waals surface area contributed by atoms with Gasteiger partial charge in [-0.3, -0.25) is 4.79 Å². The molecule has 0 fully saturated rings. The standard InChI is InChI=1S/C12H10ClF3O3/c1-18-11(17)4-2-3-8-5-6-9(7-10(8)13)19-12(14,15)16/h2-3,5-7H,4H2,1H3. The van der Waals surface area contributed by atoms with Crippen molar-refractivity contribution < 1.29 is 27.4 Å². The van der Waals surface area contributed by atoms with Crippen molar-refractivity contribution in [2.24, 2.45) is 0 Å².